The lowest BCUT2D eigenvalue weighted by molar-refractivity contribution is -0.141. The Kier molecular flexibility index (Phi) is 5.06. The third-order valence-corrected chi connectivity index (χ3v) is 6.64. The molecule has 1 unspecified atom stereocenters. The highest BCUT2D eigenvalue weighted by Gasteiger charge is 2.35. The molecular weight excluding hydrogens is 378 g/mol. The first-order valence-electron chi connectivity index (χ1n) is 5.15. The molecule has 108 valence electrons. The maximum atomic E-state index is 12.1. The van der Waals surface area contributed by atoms with Crippen LogP contribution < -0.4 is 4.72 Å². The number of thiophene rings is 1. The number of halogens is 2. The van der Waals surface area contributed by atoms with Crippen molar-refractivity contribution in [2.45, 2.75) is 31.0 Å². The summed E-state index contributed by atoms with van der Waals surface area (Å²) in [7, 11) is -3.92. The molecule has 0 aliphatic carbocycles. The third kappa shape index (κ3) is 4.16. The summed E-state index contributed by atoms with van der Waals surface area (Å²) in [6.07, 6.45) is 0. The van der Waals surface area contributed by atoms with Crippen LogP contribution in [0.4, 0.5) is 0 Å². The summed E-state index contributed by atoms with van der Waals surface area (Å²) in [6.45, 7) is 4.93. The van der Waals surface area contributed by atoms with Gasteiger partial charge in [0.2, 0.25) is 0 Å². The van der Waals surface area contributed by atoms with Crippen LogP contribution in [0.1, 0.15) is 20.8 Å². The Balaban J connectivity index is 3.11. The maximum Gasteiger partial charge on any atom is 0.322 e. The molecule has 0 bridgehead atoms. The molecule has 1 rings (SSSR count). The highest BCUT2D eigenvalue weighted by atomic mass is 79.9. The Morgan fingerprint density at radius 1 is 1.53 bits per heavy atom. The van der Waals surface area contributed by atoms with Crippen molar-refractivity contribution in [3.63, 3.8) is 0 Å². The molecule has 9 heteroatoms. The van der Waals surface area contributed by atoms with Gasteiger partial charge in [-0.15, -0.1) is 11.3 Å². The van der Waals surface area contributed by atoms with E-state index < -0.39 is 27.4 Å². The molecule has 0 aromatic carbocycles. The zero-order valence-corrected chi connectivity index (χ0v) is 14.4. The Bertz CT molecular complexity index is 572. The Hall–Kier alpha value is -0.150. The first kappa shape index (κ1) is 16.9. The first-order chi connectivity index (χ1) is 8.45. The van der Waals surface area contributed by atoms with Gasteiger partial charge in [-0.1, -0.05) is 32.4 Å². The SMILES string of the molecule is CC(C)(C)C(NS(=O)(=O)c1cc(Cl)c(Br)s1)C(=O)O. The van der Waals surface area contributed by atoms with E-state index in [9.17, 15) is 13.2 Å². The van der Waals surface area contributed by atoms with Crippen LogP contribution in [0.25, 0.3) is 0 Å². The molecule has 1 aromatic rings. The minimum Gasteiger partial charge on any atom is -0.480 e. The van der Waals surface area contributed by atoms with Crippen molar-refractivity contribution in [1.29, 1.82) is 0 Å². The van der Waals surface area contributed by atoms with Gasteiger partial charge in [0.1, 0.15) is 10.3 Å². The van der Waals surface area contributed by atoms with Crippen molar-refractivity contribution in [2.24, 2.45) is 5.41 Å². The van der Waals surface area contributed by atoms with Gasteiger partial charge in [-0.25, -0.2) is 8.42 Å². The lowest BCUT2D eigenvalue weighted by Crippen LogP contribution is -2.48. The second kappa shape index (κ2) is 5.69. The van der Waals surface area contributed by atoms with Crippen LogP contribution in [0.2, 0.25) is 5.02 Å². The van der Waals surface area contributed by atoms with E-state index in [4.69, 9.17) is 16.7 Å². The van der Waals surface area contributed by atoms with Crippen molar-refractivity contribution in [2.75, 3.05) is 0 Å². The third-order valence-electron chi connectivity index (χ3n) is 2.27. The molecule has 0 radical (unpaired) electrons. The van der Waals surface area contributed by atoms with E-state index in [0.717, 1.165) is 11.3 Å². The van der Waals surface area contributed by atoms with Crippen LogP contribution in [0, 0.1) is 5.41 Å². The molecule has 1 aromatic heterocycles. The number of carbonyl (C=O) groups is 1. The van der Waals surface area contributed by atoms with Gasteiger partial charge in [-0.3, -0.25) is 4.79 Å². The van der Waals surface area contributed by atoms with Gasteiger partial charge < -0.3 is 5.11 Å². The van der Waals surface area contributed by atoms with Gasteiger partial charge in [-0.2, -0.15) is 4.72 Å². The predicted molar refractivity (Wildman–Crippen MR) is 78.2 cm³/mol. The molecule has 0 amide bonds. The largest absolute Gasteiger partial charge is 0.480 e. The normalized spacial score (nSPS) is 14.4. The molecule has 1 atom stereocenters. The molecule has 0 aliphatic rings. The molecule has 0 saturated heterocycles. The molecule has 0 spiro atoms. The van der Waals surface area contributed by atoms with E-state index in [2.05, 4.69) is 20.7 Å². The maximum absolute atomic E-state index is 12.1. The van der Waals surface area contributed by atoms with E-state index >= 15 is 0 Å². The summed E-state index contributed by atoms with van der Waals surface area (Å²) in [5.41, 5.74) is -0.753. The van der Waals surface area contributed by atoms with Crippen LogP contribution in [0.15, 0.2) is 14.1 Å². The molecule has 0 saturated carbocycles. The molecule has 0 aliphatic heterocycles. The Morgan fingerprint density at radius 2 is 2.05 bits per heavy atom. The predicted octanol–water partition coefficient (Wildman–Crippen LogP) is 2.94. The number of nitrogens with one attached hydrogen (secondary N) is 1. The zero-order valence-electron chi connectivity index (χ0n) is 10.4. The molecule has 5 nitrogen and oxygen atoms in total. The molecule has 1 heterocycles. The lowest BCUT2D eigenvalue weighted by atomic mass is 9.88. The summed E-state index contributed by atoms with van der Waals surface area (Å²) >= 11 is 9.83. The average molecular weight is 391 g/mol. The van der Waals surface area contributed by atoms with Crippen molar-refractivity contribution in [3.05, 3.63) is 14.9 Å². The number of hydrogen-bond acceptors (Lipinski definition) is 4. The molecular formula is C10H13BrClNO4S2. The summed E-state index contributed by atoms with van der Waals surface area (Å²) < 4.78 is 26.9. The van der Waals surface area contributed by atoms with Crippen LogP contribution >= 0.6 is 38.9 Å². The van der Waals surface area contributed by atoms with Crippen molar-refractivity contribution in [3.8, 4) is 0 Å². The minimum absolute atomic E-state index is 0.0279. The quantitative estimate of drug-likeness (QED) is 0.828. The van der Waals surface area contributed by atoms with E-state index in [1.165, 1.54) is 6.07 Å². The number of sulfonamides is 1. The minimum atomic E-state index is -3.92. The molecule has 19 heavy (non-hydrogen) atoms. The number of carboxylic acid groups (broad SMARTS) is 1. The average Bonchev–Trinajstić information content (AvgIpc) is 2.55. The number of rotatable bonds is 4. The fourth-order valence-electron chi connectivity index (χ4n) is 1.27. The summed E-state index contributed by atoms with van der Waals surface area (Å²) in [5.74, 6) is -1.22. The van der Waals surface area contributed by atoms with Gasteiger partial charge in [0.05, 0.1) is 8.81 Å². The highest BCUT2D eigenvalue weighted by molar-refractivity contribution is 9.11. The van der Waals surface area contributed by atoms with E-state index in [0.29, 0.717) is 3.79 Å². The van der Waals surface area contributed by atoms with Crippen LogP contribution in [-0.2, 0) is 14.8 Å². The highest BCUT2D eigenvalue weighted by Crippen LogP contribution is 2.35. The van der Waals surface area contributed by atoms with Gasteiger partial charge in [0, 0.05) is 0 Å². The second-order valence-corrected chi connectivity index (χ2v) is 9.66. The summed E-state index contributed by atoms with van der Waals surface area (Å²) in [6, 6.07) is 0.0531. The standard InChI is InChI=1S/C10H13BrClNO4S2/c1-10(2,3)7(9(14)15)13-19(16,17)6-4-5(12)8(11)18-6/h4,7,13H,1-3H3,(H,14,15). The number of aliphatic carboxylic acids is 1. The second-order valence-electron chi connectivity index (χ2n) is 4.95. The van der Waals surface area contributed by atoms with Gasteiger partial charge in [0.15, 0.2) is 0 Å². The van der Waals surface area contributed by atoms with Gasteiger partial charge in [0.25, 0.3) is 10.0 Å². The fourth-order valence-corrected chi connectivity index (χ4v) is 5.08. The van der Waals surface area contributed by atoms with Gasteiger partial charge >= 0.3 is 5.97 Å². The zero-order chi connectivity index (χ0) is 15.0. The van der Waals surface area contributed by atoms with E-state index in [1.807, 2.05) is 0 Å². The molecule has 2 N–H and O–H groups in total. The van der Waals surface area contributed by atoms with E-state index in [1.54, 1.807) is 20.8 Å². The monoisotopic (exact) mass is 389 g/mol. The molecule has 0 fully saturated rings. The first-order valence-corrected chi connectivity index (χ1v) is 8.62. The van der Waals surface area contributed by atoms with Crippen molar-refractivity contribution >= 4 is 54.9 Å². The van der Waals surface area contributed by atoms with Crippen LogP contribution in [-0.4, -0.2) is 25.5 Å². The van der Waals surface area contributed by atoms with Crippen LogP contribution in [0.5, 0.6) is 0 Å². The van der Waals surface area contributed by atoms with E-state index in [-0.39, 0.29) is 9.23 Å². The topological polar surface area (TPSA) is 83.5 Å². The van der Waals surface area contributed by atoms with Gasteiger partial charge in [-0.05, 0) is 27.4 Å². The Morgan fingerprint density at radius 3 is 2.37 bits per heavy atom. The summed E-state index contributed by atoms with van der Waals surface area (Å²) in [4.78, 5) is 11.2. The number of carboxylic acids is 1. The summed E-state index contributed by atoms with van der Waals surface area (Å²) in [5, 5.41) is 9.39. The lowest BCUT2D eigenvalue weighted by Gasteiger charge is -2.27. The smallest absolute Gasteiger partial charge is 0.322 e. The van der Waals surface area contributed by atoms with Crippen LogP contribution in [0.3, 0.4) is 0 Å². The number of hydrogen-bond donors (Lipinski definition) is 2. The Labute approximate surface area is 129 Å². The van der Waals surface area contributed by atoms with Crippen molar-refractivity contribution < 1.29 is 18.3 Å². The van der Waals surface area contributed by atoms with Crippen molar-refractivity contribution in [1.82, 2.24) is 4.72 Å². The fraction of sp³-hybridized carbons (Fsp3) is 0.500.